The van der Waals surface area contributed by atoms with E-state index in [4.69, 9.17) is 0 Å². The van der Waals surface area contributed by atoms with Crippen molar-refractivity contribution < 1.29 is 13.2 Å². The van der Waals surface area contributed by atoms with Gasteiger partial charge in [0, 0.05) is 44.4 Å². The van der Waals surface area contributed by atoms with Crippen molar-refractivity contribution in [2.24, 2.45) is 7.05 Å². The zero-order valence-electron chi connectivity index (χ0n) is 15.5. The van der Waals surface area contributed by atoms with Gasteiger partial charge in [-0.15, -0.1) is 0 Å². The molecule has 9 heteroatoms. The molecule has 0 bridgehead atoms. The first kappa shape index (κ1) is 19.9. The summed E-state index contributed by atoms with van der Waals surface area (Å²) in [4.78, 5) is 12.7. The topological polar surface area (TPSA) is 84.3 Å². The number of nitrogens with zero attached hydrogens (tertiary/aromatic N) is 3. The molecule has 1 N–H and O–H groups in total. The number of sulfonamides is 1. The summed E-state index contributed by atoms with van der Waals surface area (Å²) in [5, 5.41) is 6.76. The highest BCUT2D eigenvalue weighted by atomic mass is 32.2. The van der Waals surface area contributed by atoms with Gasteiger partial charge in [-0.05, 0) is 11.5 Å². The lowest BCUT2D eigenvalue weighted by Crippen LogP contribution is -2.39. The summed E-state index contributed by atoms with van der Waals surface area (Å²) in [6.45, 7) is 3.31. The highest BCUT2D eigenvalue weighted by molar-refractivity contribution is 7.99. The number of amides is 1. The largest absolute Gasteiger partial charge is 0.351 e. The molecule has 0 spiro atoms. The molecule has 0 aliphatic carbocycles. The van der Waals surface area contributed by atoms with Gasteiger partial charge < -0.3 is 5.32 Å². The Bertz CT molecular complexity index is 891. The predicted molar refractivity (Wildman–Crippen MR) is 106 cm³/mol. The van der Waals surface area contributed by atoms with Gasteiger partial charge >= 0.3 is 0 Å². The Hall–Kier alpha value is -1.84. The molecule has 0 saturated carbocycles. The number of thioether (sulfide) groups is 1. The molecule has 146 valence electrons. The number of aromatic nitrogens is 2. The summed E-state index contributed by atoms with van der Waals surface area (Å²) in [6.07, 6.45) is 1.47. The van der Waals surface area contributed by atoms with Crippen LogP contribution in [0.2, 0.25) is 0 Å². The van der Waals surface area contributed by atoms with Crippen LogP contribution in [0.15, 0.2) is 41.6 Å². The Balaban J connectivity index is 1.76. The van der Waals surface area contributed by atoms with Gasteiger partial charge in [0.25, 0.3) is 15.9 Å². The van der Waals surface area contributed by atoms with Gasteiger partial charge in [-0.2, -0.15) is 21.2 Å². The number of carbonyl (C=O) groups excluding carboxylic acids is 1. The van der Waals surface area contributed by atoms with Crippen LogP contribution in [-0.4, -0.2) is 59.6 Å². The molecular formula is C18H24N4O3S2. The van der Waals surface area contributed by atoms with Crippen molar-refractivity contribution in [1.29, 1.82) is 0 Å². The summed E-state index contributed by atoms with van der Waals surface area (Å²) in [6, 6.07) is 9.86. The van der Waals surface area contributed by atoms with Crippen LogP contribution >= 0.6 is 11.8 Å². The third-order valence-corrected chi connectivity index (χ3v) is 7.31. The average molecular weight is 409 g/mol. The molecule has 1 aliphatic heterocycles. The van der Waals surface area contributed by atoms with Crippen LogP contribution in [0, 0.1) is 0 Å². The van der Waals surface area contributed by atoms with Crippen LogP contribution in [0.1, 0.15) is 28.8 Å². The Morgan fingerprint density at radius 3 is 2.59 bits per heavy atom. The predicted octanol–water partition coefficient (Wildman–Crippen LogP) is 1.69. The van der Waals surface area contributed by atoms with Crippen molar-refractivity contribution in [3.63, 3.8) is 0 Å². The number of benzene rings is 1. The first-order valence-corrected chi connectivity index (χ1v) is 11.4. The number of hydrogen-bond donors (Lipinski definition) is 1. The van der Waals surface area contributed by atoms with E-state index < -0.39 is 15.9 Å². The van der Waals surface area contributed by atoms with E-state index in [0.29, 0.717) is 19.6 Å². The lowest BCUT2D eigenvalue weighted by Gasteiger charge is -2.24. The summed E-state index contributed by atoms with van der Waals surface area (Å²) >= 11 is 1.72. The Morgan fingerprint density at radius 2 is 1.93 bits per heavy atom. The number of carbonyl (C=O) groups is 1. The minimum absolute atomic E-state index is 0.0935. The van der Waals surface area contributed by atoms with Crippen LogP contribution in [0.5, 0.6) is 0 Å². The Kier molecular flexibility index (Phi) is 6.23. The molecule has 1 atom stereocenters. The van der Waals surface area contributed by atoms with E-state index in [9.17, 15) is 13.2 Å². The molecule has 3 rings (SSSR count). The van der Waals surface area contributed by atoms with E-state index in [2.05, 4.69) is 10.4 Å². The highest BCUT2D eigenvalue weighted by Gasteiger charge is 2.33. The minimum Gasteiger partial charge on any atom is -0.351 e. The zero-order chi connectivity index (χ0) is 19.4. The van der Waals surface area contributed by atoms with Gasteiger partial charge in [0.1, 0.15) is 0 Å². The molecule has 1 fully saturated rings. The number of rotatable bonds is 6. The number of hydrogen-bond acceptors (Lipinski definition) is 5. The third-order valence-electron chi connectivity index (χ3n) is 4.53. The number of nitrogens with one attached hydrogen (secondary N) is 1. The molecule has 1 aliphatic rings. The molecule has 0 radical (unpaired) electrons. The normalized spacial score (nSPS) is 16.8. The molecule has 2 heterocycles. The molecule has 7 nitrogen and oxygen atoms in total. The van der Waals surface area contributed by atoms with Crippen LogP contribution < -0.4 is 5.32 Å². The fraction of sp³-hybridized carbons (Fsp3) is 0.444. The smallest absolute Gasteiger partial charge is 0.263 e. The van der Waals surface area contributed by atoms with E-state index in [1.807, 2.05) is 37.3 Å². The second-order valence-electron chi connectivity index (χ2n) is 6.56. The van der Waals surface area contributed by atoms with E-state index in [-0.39, 0.29) is 16.5 Å². The second-order valence-corrected chi connectivity index (χ2v) is 9.64. The van der Waals surface area contributed by atoms with Crippen molar-refractivity contribution in [3.05, 3.63) is 47.7 Å². The highest BCUT2D eigenvalue weighted by Crippen LogP contribution is 2.22. The van der Waals surface area contributed by atoms with Crippen molar-refractivity contribution in [2.45, 2.75) is 17.9 Å². The van der Waals surface area contributed by atoms with Crippen molar-refractivity contribution in [1.82, 2.24) is 19.4 Å². The number of aryl methyl sites for hydroxylation is 1. The maximum absolute atomic E-state index is 12.9. The van der Waals surface area contributed by atoms with Crippen LogP contribution in [0.3, 0.4) is 0 Å². The van der Waals surface area contributed by atoms with Crippen LogP contribution in [0.4, 0.5) is 0 Å². The minimum atomic E-state index is -3.78. The molecule has 1 saturated heterocycles. The van der Waals surface area contributed by atoms with Gasteiger partial charge in [0.05, 0.1) is 5.56 Å². The average Bonchev–Trinajstić information content (AvgIpc) is 3.10. The standard InChI is InChI=1S/C18H24N4O3S2/c1-14(15-6-4-3-5-7-15)12-19-17(23)16-13-21(2)20-18(16)27(24,25)22-8-10-26-11-9-22/h3-7,13-14H,8-12H2,1-2H3,(H,19,23)/t14-/m0/s1. The lowest BCUT2D eigenvalue weighted by atomic mass is 10.0. The zero-order valence-corrected chi connectivity index (χ0v) is 17.1. The van der Waals surface area contributed by atoms with Gasteiger partial charge in [-0.1, -0.05) is 37.3 Å². The van der Waals surface area contributed by atoms with E-state index in [1.165, 1.54) is 15.2 Å². The summed E-state index contributed by atoms with van der Waals surface area (Å²) in [7, 11) is -2.16. The summed E-state index contributed by atoms with van der Waals surface area (Å²) < 4.78 is 28.7. The monoisotopic (exact) mass is 408 g/mol. The fourth-order valence-electron chi connectivity index (χ4n) is 2.96. The fourth-order valence-corrected chi connectivity index (χ4v) is 5.66. The molecule has 1 aromatic heterocycles. The lowest BCUT2D eigenvalue weighted by molar-refractivity contribution is 0.0948. The van der Waals surface area contributed by atoms with E-state index in [1.54, 1.807) is 18.8 Å². The first-order valence-electron chi connectivity index (χ1n) is 8.84. The first-order chi connectivity index (χ1) is 12.9. The Morgan fingerprint density at radius 1 is 1.26 bits per heavy atom. The molecule has 27 heavy (non-hydrogen) atoms. The van der Waals surface area contributed by atoms with E-state index in [0.717, 1.165) is 17.1 Å². The summed E-state index contributed by atoms with van der Waals surface area (Å²) in [5.41, 5.74) is 1.21. The maximum atomic E-state index is 12.9. The van der Waals surface area contributed by atoms with Gasteiger partial charge in [0.15, 0.2) is 0 Å². The molecule has 2 aromatic rings. The van der Waals surface area contributed by atoms with Crippen molar-refractivity contribution in [3.8, 4) is 0 Å². The maximum Gasteiger partial charge on any atom is 0.263 e. The Labute approximate surface area is 164 Å². The second kappa shape index (κ2) is 8.45. The quantitative estimate of drug-likeness (QED) is 0.786. The van der Waals surface area contributed by atoms with Crippen molar-refractivity contribution in [2.75, 3.05) is 31.1 Å². The van der Waals surface area contributed by atoms with Crippen molar-refractivity contribution >= 4 is 27.7 Å². The van der Waals surface area contributed by atoms with Crippen LogP contribution in [0.25, 0.3) is 0 Å². The molecule has 1 amide bonds. The molecular weight excluding hydrogens is 384 g/mol. The SMILES string of the molecule is C[C@@H](CNC(=O)c1cn(C)nc1S(=O)(=O)N1CCSCC1)c1ccccc1. The summed E-state index contributed by atoms with van der Waals surface area (Å²) in [5.74, 6) is 1.20. The van der Waals surface area contributed by atoms with Crippen LogP contribution in [-0.2, 0) is 17.1 Å². The van der Waals surface area contributed by atoms with Gasteiger partial charge in [0.2, 0.25) is 5.03 Å². The molecule has 1 aromatic carbocycles. The van der Waals surface area contributed by atoms with Gasteiger partial charge in [-0.25, -0.2) is 8.42 Å². The molecule has 0 unspecified atom stereocenters. The van der Waals surface area contributed by atoms with E-state index >= 15 is 0 Å². The van der Waals surface area contributed by atoms with Gasteiger partial charge in [-0.3, -0.25) is 9.48 Å². The third kappa shape index (κ3) is 4.53.